The van der Waals surface area contributed by atoms with Crippen LogP contribution in [0.15, 0.2) is 42.0 Å². The number of rotatable bonds is 10. The molecule has 0 unspecified atom stereocenters. The van der Waals surface area contributed by atoms with E-state index in [1.54, 1.807) is 31.2 Å². The van der Waals surface area contributed by atoms with Crippen LogP contribution in [0.2, 0.25) is 0 Å². The van der Waals surface area contributed by atoms with Crippen LogP contribution in [0.3, 0.4) is 0 Å². The molecule has 4 aliphatic carbocycles. The summed E-state index contributed by atoms with van der Waals surface area (Å²) in [4.78, 5) is 75.9. The van der Waals surface area contributed by atoms with E-state index in [4.69, 9.17) is 4.74 Å². The lowest BCUT2D eigenvalue weighted by Crippen LogP contribution is -2.61. The van der Waals surface area contributed by atoms with Crippen LogP contribution in [0.4, 0.5) is 0 Å². The summed E-state index contributed by atoms with van der Waals surface area (Å²) in [6.07, 6.45) is 2.45. The van der Waals surface area contributed by atoms with Crippen molar-refractivity contribution in [3.05, 3.63) is 47.5 Å². The van der Waals surface area contributed by atoms with Crippen LogP contribution in [0.5, 0.6) is 0 Å². The van der Waals surface area contributed by atoms with Gasteiger partial charge in [-0.3, -0.25) is 24.0 Å². The van der Waals surface area contributed by atoms with E-state index in [9.17, 15) is 44.1 Å². The fraction of sp³-hybridized carbons (Fsp3) is 0.588. The molecule has 0 heterocycles. The van der Waals surface area contributed by atoms with Crippen molar-refractivity contribution in [3.63, 3.8) is 0 Å². The Hall–Kier alpha value is -3.70. The SMILES string of the molecule is C[C@]12CCC(=O)C=C1CC[C@@H]1[C@@H]2C(=O)C[C@@]2(C)[C@H]1CC[C@]2(O)C(=O)COC(=O)CCC(=O)N[C@@H](C(=O)O)[C@@H](O)c1ccccc1. The predicted molar refractivity (Wildman–Crippen MR) is 158 cm³/mol. The topological polar surface area (TPSA) is 184 Å². The first kappa shape index (κ1) is 32.7. The number of benzene rings is 1. The number of aliphatic hydroxyl groups is 2. The number of aliphatic hydroxyl groups excluding tert-OH is 1. The van der Waals surface area contributed by atoms with Gasteiger partial charge >= 0.3 is 11.9 Å². The van der Waals surface area contributed by atoms with Gasteiger partial charge < -0.3 is 25.4 Å². The number of hydrogen-bond acceptors (Lipinski definition) is 9. The van der Waals surface area contributed by atoms with Crippen molar-refractivity contribution < 1.29 is 48.8 Å². The number of allylic oxidation sites excluding steroid dienone is 1. The van der Waals surface area contributed by atoms with E-state index in [-0.39, 0.29) is 42.2 Å². The quantitative estimate of drug-likeness (QED) is 0.283. The maximum absolute atomic E-state index is 13.8. The number of carboxylic acid groups (broad SMARTS) is 1. The third-order valence-electron chi connectivity index (χ3n) is 11.2. The van der Waals surface area contributed by atoms with Crippen LogP contribution in [-0.4, -0.2) is 68.8 Å². The van der Waals surface area contributed by atoms with Gasteiger partial charge in [0, 0.05) is 30.6 Å². The van der Waals surface area contributed by atoms with Gasteiger partial charge in [-0.15, -0.1) is 0 Å². The molecule has 11 heteroatoms. The Morgan fingerprint density at radius 3 is 2.42 bits per heavy atom. The number of esters is 1. The molecule has 1 aromatic rings. The van der Waals surface area contributed by atoms with E-state index in [0.717, 1.165) is 5.57 Å². The molecule has 242 valence electrons. The number of ketones is 3. The molecule has 5 rings (SSSR count). The van der Waals surface area contributed by atoms with Gasteiger partial charge in [-0.2, -0.15) is 0 Å². The van der Waals surface area contributed by atoms with Crippen molar-refractivity contribution in [3.8, 4) is 0 Å². The fourth-order valence-electron chi connectivity index (χ4n) is 8.76. The second-order valence-corrected chi connectivity index (χ2v) is 13.6. The largest absolute Gasteiger partial charge is 0.480 e. The summed E-state index contributed by atoms with van der Waals surface area (Å²) in [5.41, 5.74) is -1.96. The van der Waals surface area contributed by atoms with Crippen molar-refractivity contribution in [2.24, 2.45) is 28.6 Å². The molecule has 11 nitrogen and oxygen atoms in total. The minimum absolute atomic E-state index is 0.00520. The molecule has 1 amide bonds. The summed E-state index contributed by atoms with van der Waals surface area (Å²) < 4.78 is 5.14. The van der Waals surface area contributed by atoms with Crippen LogP contribution in [0, 0.1) is 28.6 Å². The molecule has 0 bridgehead atoms. The van der Waals surface area contributed by atoms with E-state index in [1.807, 2.05) is 0 Å². The molecule has 1 aromatic carbocycles. The van der Waals surface area contributed by atoms with E-state index >= 15 is 0 Å². The molecule has 0 aromatic heterocycles. The minimum atomic E-state index is -1.86. The summed E-state index contributed by atoms with van der Waals surface area (Å²) >= 11 is 0. The third-order valence-corrected chi connectivity index (χ3v) is 11.2. The zero-order valence-electron chi connectivity index (χ0n) is 25.6. The van der Waals surface area contributed by atoms with Crippen molar-refractivity contribution in [2.75, 3.05) is 6.61 Å². The molecule has 0 spiro atoms. The first-order valence-corrected chi connectivity index (χ1v) is 15.6. The zero-order valence-corrected chi connectivity index (χ0v) is 25.6. The minimum Gasteiger partial charge on any atom is -0.480 e. The van der Waals surface area contributed by atoms with Crippen LogP contribution < -0.4 is 5.32 Å². The Morgan fingerprint density at radius 2 is 1.73 bits per heavy atom. The Kier molecular flexibility index (Phi) is 8.89. The predicted octanol–water partition coefficient (Wildman–Crippen LogP) is 2.62. The first-order chi connectivity index (χ1) is 21.2. The molecular weight excluding hydrogens is 582 g/mol. The number of nitrogens with one attached hydrogen (secondary N) is 1. The normalized spacial score (nSPS) is 33.5. The molecule has 4 N–H and O–H groups in total. The third kappa shape index (κ3) is 5.76. The van der Waals surface area contributed by atoms with E-state index in [2.05, 4.69) is 12.2 Å². The Morgan fingerprint density at radius 1 is 1.02 bits per heavy atom. The van der Waals surface area contributed by atoms with Crippen LogP contribution >= 0.6 is 0 Å². The number of carbonyl (C=O) groups excluding carboxylic acids is 5. The lowest BCUT2D eigenvalue weighted by molar-refractivity contribution is -0.173. The Labute approximate surface area is 261 Å². The number of carboxylic acids is 1. The summed E-state index contributed by atoms with van der Waals surface area (Å²) in [5, 5.41) is 33.9. The standard InChI is InChI=1S/C34H41NO10/c1-32-14-12-21(36)16-20(32)8-9-22-23-13-15-34(44,33(23,2)17-24(37)28(22)32)25(38)18-45-27(40)11-10-26(39)35-29(31(42)43)30(41)19-6-4-3-5-7-19/h3-7,16,22-23,28-30,41,44H,8-15,17-18H2,1-2H3,(H,35,39)(H,42,43)/t22-,23-,28+,29+,30-,32-,33-,34-/m0/s1. The van der Waals surface area contributed by atoms with Crippen LogP contribution in [0.25, 0.3) is 0 Å². The van der Waals surface area contributed by atoms with Crippen molar-refractivity contribution in [2.45, 2.75) is 89.4 Å². The molecule has 3 saturated carbocycles. The van der Waals surface area contributed by atoms with Crippen molar-refractivity contribution in [1.82, 2.24) is 5.32 Å². The van der Waals surface area contributed by atoms with Crippen LogP contribution in [-0.2, 0) is 33.5 Å². The van der Waals surface area contributed by atoms with Gasteiger partial charge in [-0.05, 0) is 61.0 Å². The van der Waals surface area contributed by atoms with Crippen molar-refractivity contribution >= 4 is 35.2 Å². The molecule has 3 fully saturated rings. The molecule has 4 aliphatic rings. The molecule has 0 radical (unpaired) electrons. The van der Waals surface area contributed by atoms with Gasteiger partial charge in [0.15, 0.2) is 18.4 Å². The number of aliphatic carboxylic acids is 1. The molecule has 0 saturated heterocycles. The molecule has 45 heavy (non-hydrogen) atoms. The summed E-state index contributed by atoms with van der Waals surface area (Å²) in [6.45, 7) is 3.13. The highest BCUT2D eigenvalue weighted by Crippen LogP contribution is 2.66. The van der Waals surface area contributed by atoms with E-state index < -0.39 is 71.7 Å². The average Bonchev–Trinajstić information content (AvgIpc) is 3.28. The Bertz CT molecular complexity index is 1440. The van der Waals surface area contributed by atoms with Gasteiger partial charge in [0.05, 0.1) is 6.42 Å². The summed E-state index contributed by atoms with van der Waals surface area (Å²) in [7, 11) is 0. The molecule has 0 aliphatic heterocycles. The maximum atomic E-state index is 13.8. The first-order valence-electron chi connectivity index (χ1n) is 15.6. The molecule has 8 atom stereocenters. The van der Waals surface area contributed by atoms with Gasteiger partial charge in [0.25, 0.3) is 0 Å². The average molecular weight is 624 g/mol. The number of fused-ring (bicyclic) bond motifs is 5. The monoisotopic (exact) mass is 623 g/mol. The number of carbonyl (C=O) groups is 6. The Balaban J connectivity index is 1.17. The van der Waals surface area contributed by atoms with Gasteiger partial charge in [0.1, 0.15) is 17.5 Å². The highest BCUT2D eigenvalue weighted by molar-refractivity contribution is 5.95. The van der Waals surface area contributed by atoms with Gasteiger partial charge in [0.2, 0.25) is 11.7 Å². The van der Waals surface area contributed by atoms with Crippen LogP contribution in [0.1, 0.15) is 83.3 Å². The summed E-state index contributed by atoms with van der Waals surface area (Å²) in [6, 6.07) is 6.33. The number of ether oxygens (including phenoxy) is 1. The molecular formula is C34H41NO10. The lowest BCUT2D eigenvalue weighted by Gasteiger charge is -2.57. The highest BCUT2D eigenvalue weighted by atomic mass is 16.5. The second kappa shape index (κ2) is 12.2. The van der Waals surface area contributed by atoms with Crippen molar-refractivity contribution in [1.29, 1.82) is 0 Å². The number of amides is 1. The van der Waals surface area contributed by atoms with E-state index in [0.29, 0.717) is 37.7 Å². The highest BCUT2D eigenvalue weighted by Gasteiger charge is 2.68. The van der Waals surface area contributed by atoms with E-state index in [1.165, 1.54) is 12.1 Å². The zero-order chi connectivity index (χ0) is 32.7. The number of hydrogen-bond donors (Lipinski definition) is 4. The van der Waals surface area contributed by atoms with Gasteiger partial charge in [-0.1, -0.05) is 49.8 Å². The maximum Gasteiger partial charge on any atom is 0.329 e. The fourth-order valence-corrected chi connectivity index (χ4v) is 8.76. The smallest absolute Gasteiger partial charge is 0.329 e. The van der Waals surface area contributed by atoms with Gasteiger partial charge in [-0.25, -0.2) is 4.79 Å². The number of Topliss-reactive ketones (excluding diaryl/α,β-unsaturated/α-hetero) is 2. The summed E-state index contributed by atoms with van der Waals surface area (Å²) in [5.74, 6) is -4.12. The second-order valence-electron chi connectivity index (χ2n) is 13.6. The lowest BCUT2D eigenvalue weighted by atomic mass is 9.46.